The molecule has 1 aromatic rings. The summed E-state index contributed by atoms with van der Waals surface area (Å²) in [6.07, 6.45) is 8.14. The maximum absolute atomic E-state index is 12.8. The fourth-order valence-corrected chi connectivity index (χ4v) is 4.31. The monoisotopic (exact) mass is 460 g/mol. The minimum atomic E-state index is -0.725. The molecule has 1 aliphatic rings. The van der Waals surface area contributed by atoms with Gasteiger partial charge in [-0.05, 0) is 64.4 Å². The summed E-state index contributed by atoms with van der Waals surface area (Å²) in [5.74, 6) is -0.208. The van der Waals surface area contributed by atoms with Crippen LogP contribution in [0.25, 0.3) is 0 Å². The zero-order valence-electron chi connectivity index (χ0n) is 21.1. The highest BCUT2D eigenvalue weighted by Gasteiger charge is 2.30. The zero-order valence-corrected chi connectivity index (χ0v) is 21.1. The van der Waals surface area contributed by atoms with Crippen molar-refractivity contribution >= 4 is 12.0 Å². The van der Waals surface area contributed by atoms with E-state index in [1.54, 1.807) is 13.8 Å². The van der Waals surface area contributed by atoms with E-state index in [9.17, 15) is 14.7 Å². The molecule has 0 heterocycles. The Balaban J connectivity index is 1.84. The molecule has 2 amide bonds. The highest BCUT2D eigenvalue weighted by atomic mass is 16.5. The molecular formula is C27H44N2O4. The predicted octanol–water partition coefficient (Wildman–Crippen LogP) is 5.77. The molecule has 1 aromatic carbocycles. The molecule has 1 aliphatic carbocycles. The number of urea groups is 1. The number of hydrogen-bond donors (Lipinski definition) is 2. The van der Waals surface area contributed by atoms with Gasteiger partial charge in [-0.1, -0.05) is 56.0 Å². The van der Waals surface area contributed by atoms with Crippen LogP contribution in [0.2, 0.25) is 0 Å². The third-order valence-electron chi connectivity index (χ3n) is 6.79. The standard InChI is InChI=1S/C27H44N2O4/c1-5-6-16-28-26(32)29(20-23-12-10-21(2)11-13-23)17-18-33-24-9-7-8-22(19-24)14-15-27(3,4)25(30)31/h10-13,22,24H,5-9,14-20H2,1-4H3,(H,28,32)(H,30,31)/t22-,24-/m0/s1. The van der Waals surface area contributed by atoms with E-state index in [-0.39, 0.29) is 12.1 Å². The van der Waals surface area contributed by atoms with Crippen LogP contribution in [0.1, 0.15) is 83.3 Å². The van der Waals surface area contributed by atoms with Crippen molar-refractivity contribution in [1.29, 1.82) is 0 Å². The Labute approximate surface area is 200 Å². The first-order valence-electron chi connectivity index (χ1n) is 12.6. The molecule has 0 saturated heterocycles. The summed E-state index contributed by atoms with van der Waals surface area (Å²) in [5.41, 5.74) is 1.65. The Morgan fingerprint density at radius 2 is 1.94 bits per heavy atom. The van der Waals surface area contributed by atoms with Crippen LogP contribution >= 0.6 is 0 Å². The van der Waals surface area contributed by atoms with Crippen molar-refractivity contribution in [3.05, 3.63) is 35.4 Å². The van der Waals surface area contributed by atoms with Gasteiger partial charge in [-0.3, -0.25) is 4.79 Å². The number of carbonyl (C=O) groups excluding carboxylic acids is 1. The molecule has 0 unspecified atom stereocenters. The SMILES string of the molecule is CCCCNC(=O)N(CCO[C@H]1CCC[C@@H](CCC(C)(C)C(=O)O)C1)Cc1ccc(C)cc1. The van der Waals surface area contributed by atoms with E-state index < -0.39 is 11.4 Å². The maximum Gasteiger partial charge on any atom is 0.317 e. The Morgan fingerprint density at radius 1 is 1.21 bits per heavy atom. The summed E-state index contributed by atoms with van der Waals surface area (Å²) in [7, 11) is 0. The Morgan fingerprint density at radius 3 is 2.61 bits per heavy atom. The molecule has 6 nitrogen and oxygen atoms in total. The summed E-state index contributed by atoms with van der Waals surface area (Å²) in [5, 5.41) is 12.4. The zero-order chi connectivity index (χ0) is 24.3. The number of carboxylic acids is 1. The van der Waals surface area contributed by atoms with Gasteiger partial charge >= 0.3 is 12.0 Å². The molecule has 0 aliphatic heterocycles. The molecule has 0 spiro atoms. The van der Waals surface area contributed by atoms with Crippen molar-refractivity contribution < 1.29 is 19.4 Å². The molecule has 6 heteroatoms. The number of nitrogens with one attached hydrogen (secondary N) is 1. The number of benzene rings is 1. The molecule has 0 bridgehead atoms. The minimum absolute atomic E-state index is 0.0370. The summed E-state index contributed by atoms with van der Waals surface area (Å²) < 4.78 is 6.22. The average molecular weight is 461 g/mol. The lowest BCUT2D eigenvalue weighted by molar-refractivity contribution is -0.147. The molecular weight excluding hydrogens is 416 g/mol. The number of rotatable bonds is 13. The van der Waals surface area contributed by atoms with E-state index >= 15 is 0 Å². The van der Waals surface area contributed by atoms with Crippen LogP contribution in [0, 0.1) is 18.3 Å². The molecule has 0 radical (unpaired) electrons. The topological polar surface area (TPSA) is 78.9 Å². The second-order valence-electron chi connectivity index (χ2n) is 10.2. The first-order valence-corrected chi connectivity index (χ1v) is 12.6. The van der Waals surface area contributed by atoms with Gasteiger partial charge in [0, 0.05) is 19.6 Å². The minimum Gasteiger partial charge on any atom is -0.481 e. The van der Waals surface area contributed by atoms with Crippen molar-refractivity contribution in [2.75, 3.05) is 19.7 Å². The third kappa shape index (κ3) is 9.75. The van der Waals surface area contributed by atoms with Crippen LogP contribution < -0.4 is 5.32 Å². The largest absolute Gasteiger partial charge is 0.481 e. The molecule has 1 fully saturated rings. The average Bonchev–Trinajstić information content (AvgIpc) is 2.79. The highest BCUT2D eigenvalue weighted by molar-refractivity contribution is 5.74. The second kappa shape index (κ2) is 13.6. The number of amides is 2. The van der Waals surface area contributed by atoms with Crippen LogP contribution in [0.3, 0.4) is 0 Å². The quantitative estimate of drug-likeness (QED) is 0.366. The van der Waals surface area contributed by atoms with Crippen molar-refractivity contribution in [3.63, 3.8) is 0 Å². The normalized spacial score (nSPS) is 18.7. The highest BCUT2D eigenvalue weighted by Crippen LogP contribution is 2.33. The van der Waals surface area contributed by atoms with Gasteiger partial charge in [0.1, 0.15) is 0 Å². The Hall–Kier alpha value is -2.08. The fourth-order valence-electron chi connectivity index (χ4n) is 4.31. The third-order valence-corrected chi connectivity index (χ3v) is 6.79. The van der Waals surface area contributed by atoms with E-state index in [2.05, 4.69) is 43.4 Å². The Bertz CT molecular complexity index is 732. The van der Waals surface area contributed by atoms with Gasteiger partial charge in [-0.15, -0.1) is 0 Å². The lowest BCUT2D eigenvalue weighted by Gasteiger charge is -2.31. The number of unbranched alkanes of at least 4 members (excludes halogenated alkanes) is 1. The summed E-state index contributed by atoms with van der Waals surface area (Å²) in [6.45, 7) is 10.1. The lowest BCUT2D eigenvalue weighted by Crippen LogP contribution is -2.42. The van der Waals surface area contributed by atoms with Gasteiger partial charge in [0.05, 0.1) is 18.1 Å². The number of hydrogen-bond acceptors (Lipinski definition) is 3. The molecule has 1 saturated carbocycles. The molecule has 2 atom stereocenters. The van der Waals surface area contributed by atoms with Gasteiger partial charge in [0.15, 0.2) is 0 Å². The number of nitrogens with zero attached hydrogens (tertiary/aromatic N) is 1. The number of aliphatic carboxylic acids is 1. The summed E-state index contributed by atoms with van der Waals surface area (Å²) >= 11 is 0. The number of carboxylic acid groups (broad SMARTS) is 1. The van der Waals surface area contributed by atoms with Crippen molar-refractivity contribution in [1.82, 2.24) is 10.2 Å². The number of aryl methyl sites for hydroxylation is 1. The van der Waals surface area contributed by atoms with E-state index in [0.717, 1.165) is 50.5 Å². The summed E-state index contributed by atoms with van der Waals surface area (Å²) in [6, 6.07) is 8.27. The van der Waals surface area contributed by atoms with E-state index in [0.29, 0.717) is 38.6 Å². The van der Waals surface area contributed by atoms with Crippen LogP contribution in [0.5, 0.6) is 0 Å². The Kier molecular flexibility index (Phi) is 11.2. The maximum atomic E-state index is 12.8. The number of carbonyl (C=O) groups is 2. The molecule has 186 valence electrons. The lowest BCUT2D eigenvalue weighted by atomic mass is 9.79. The van der Waals surface area contributed by atoms with Gasteiger partial charge in [-0.2, -0.15) is 0 Å². The molecule has 0 aromatic heterocycles. The first-order chi connectivity index (χ1) is 15.7. The predicted molar refractivity (Wildman–Crippen MR) is 132 cm³/mol. The van der Waals surface area contributed by atoms with Gasteiger partial charge in [0.25, 0.3) is 0 Å². The second-order valence-corrected chi connectivity index (χ2v) is 10.2. The summed E-state index contributed by atoms with van der Waals surface area (Å²) in [4.78, 5) is 26.0. The van der Waals surface area contributed by atoms with Crippen LogP contribution in [0.4, 0.5) is 4.79 Å². The van der Waals surface area contributed by atoms with Crippen LogP contribution in [-0.4, -0.2) is 47.8 Å². The van der Waals surface area contributed by atoms with Crippen LogP contribution in [0.15, 0.2) is 24.3 Å². The van der Waals surface area contributed by atoms with Crippen LogP contribution in [-0.2, 0) is 16.1 Å². The van der Waals surface area contributed by atoms with Gasteiger partial charge in [0.2, 0.25) is 0 Å². The van der Waals surface area contributed by atoms with Crippen molar-refractivity contribution in [3.8, 4) is 0 Å². The van der Waals surface area contributed by atoms with Gasteiger partial charge in [-0.25, -0.2) is 4.79 Å². The van der Waals surface area contributed by atoms with Gasteiger partial charge < -0.3 is 20.1 Å². The molecule has 2 N–H and O–H groups in total. The van der Waals surface area contributed by atoms with Crippen molar-refractivity contribution in [2.45, 2.75) is 91.7 Å². The van der Waals surface area contributed by atoms with E-state index in [4.69, 9.17) is 4.74 Å². The fraction of sp³-hybridized carbons (Fsp3) is 0.704. The van der Waals surface area contributed by atoms with E-state index in [1.165, 1.54) is 5.56 Å². The van der Waals surface area contributed by atoms with Crippen molar-refractivity contribution in [2.24, 2.45) is 11.3 Å². The number of ether oxygens (including phenoxy) is 1. The molecule has 33 heavy (non-hydrogen) atoms. The smallest absolute Gasteiger partial charge is 0.317 e. The van der Waals surface area contributed by atoms with E-state index in [1.807, 2.05) is 4.90 Å². The first kappa shape index (κ1) is 27.2. The molecule has 2 rings (SSSR count).